The fraction of sp³-hybridized carbons (Fsp3) is 0.632. The van der Waals surface area contributed by atoms with Crippen LogP contribution in [0.25, 0.3) is 0 Å². The lowest BCUT2D eigenvalue weighted by atomic mass is 9.61. The zero-order valence-electron chi connectivity index (χ0n) is 14.2. The normalized spacial score (nSPS) is 25.8. The van der Waals surface area contributed by atoms with Crippen LogP contribution in [0.5, 0.6) is 0 Å². The summed E-state index contributed by atoms with van der Waals surface area (Å²) in [6.45, 7) is 6.14. The van der Waals surface area contributed by atoms with Gasteiger partial charge in [-0.3, -0.25) is 14.6 Å². The molecule has 1 atom stereocenters. The number of benzene rings is 1. The van der Waals surface area contributed by atoms with Crippen LogP contribution in [0.15, 0.2) is 30.3 Å². The van der Waals surface area contributed by atoms with Gasteiger partial charge in [-0.15, -0.1) is 0 Å². The van der Waals surface area contributed by atoms with E-state index in [-0.39, 0.29) is 0 Å². The molecule has 1 aliphatic carbocycles. The van der Waals surface area contributed by atoms with Crippen LogP contribution in [0.4, 0.5) is 0 Å². The highest BCUT2D eigenvalue weighted by Gasteiger charge is 2.50. The Morgan fingerprint density at radius 1 is 1.17 bits per heavy atom. The third-order valence-electron chi connectivity index (χ3n) is 6.20. The number of nitrogens with one attached hydrogen (secondary N) is 1. The highest BCUT2D eigenvalue weighted by Crippen LogP contribution is 2.46. The van der Waals surface area contributed by atoms with Crippen LogP contribution in [-0.2, 0) is 11.2 Å². The largest absolute Gasteiger partial charge is 0.480 e. The fourth-order valence-electron chi connectivity index (χ4n) is 4.59. The maximum atomic E-state index is 11.8. The third kappa shape index (κ3) is 3.08. The van der Waals surface area contributed by atoms with E-state index in [1.54, 1.807) is 0 Å². The lowest BCUT2D eigenvalue weighted by Crippen LogP contribution is -2.67. The molecule has 2 heterocycles. The quantitative estimate of drug-likeness (QED) is 0.846. The van der Waals surface area contributed by atoms with Gasteiger partial charge in [-0.05, 0) is 30.2 Å². The highest BCUT2D eigenvalue weighted by molar-refractivity contribution is 5.74. The second kappa shape index (κ2) is 6.47. The van der Waals surface area contributed by atoms with E-state index in [4.69, 9.17) is 0 Å². The van der Waals surface area contributed by atoms with E-state index in [1.807, 2.05) is 30.3 Å². The van der Waals surface area contributed by atoms with Gasteiger partial charge in [-0.25, -0.2) is 0 Å². The first-order valence-electron chi connectivity index (χ1n) is 9.11. The van der Waals surface area contributed by atoms with Gasteiger partial charge in [0.1, 0.15) is 6.04 Å². The summed E-state index contributed by atoms with van der Waals surface area (Å²) < 4.78 is 0. The van der Waals surface area contributed by atoms with Crippen molar-refractivity contribution in [2.75, 3.05) is 39.3 Å². The van der Waals surface area contributed by atoms with Crippen molar-refractivity contribution in [3.63, 3.8) is 0 Å². The van der Waals surface area contributed by atoms with E-state index in [0.717, 1.165) is 37.8 Å². The van der Waals surface area contributed by atoms with Crippen LogP contribution in [0.3, 0.4) is 0 Å². The van der Waals surface area contributed by atoms with Gasteiger partial charge >= 0.3 is 5.97 Å². The minimum absolute atomic E-state index is 0.405. The Morgan fingerprint density at radius 2 is 1.83 bits per heavy atom. The number of carboxylic acids is 1. The molecule has 0 bridgehead atoms. The number of carboxylic acid groups (broad SMARTS) is 1. The fourth-order valence-corrected chi connectivity index (χ4v) is 4.59. The van der Waals surface area contributed by atoms with Crippen LogP contribution >= 0.6 is 0 Å². The highest BCUT2D eigenvalue weighted by atomic mass is 16.4. The first-order chi connectivity index (χ1) is 11.7. The molecule has 1 saturated carbocycles. The molecule has 3 aliphatic rings. The molecular formula is C19H27N3O2. The Kier molecular flexibility index (Phi) is 4.33. The van der Waals surface area contributed by atoms with Gasteiger partial charge in [0.15, 0.2) is 0 Å². The van der Waals surface area contributed by atoms with Crippen molar-refractivity contribution >= 4 is 5.97 Å². The van der Waals surface area contributed by atoms with Crippen LogP contribution in [-0.4, -0.2) is 72.2 Å². The number of hydrogen-bond donors (Lipinski definition) is 2. The van der Waals surface area contributed by atoms with Crippen LogP contribution in [0.1, 0.15) is 18.4 Å². The molecule has 2 saturated heterocycles. The molecule has 3 fully saturated rings. The van der Waals surface area contributed by atoms with E-state index in [0.29, 0.717) is 11.8 Å². The van der Waals surface area contributed by atoms with Gasteiger partial charge in [0.05, 0.1) is 0 Å². The molecule has 1 aromatic carbocycles. The summed E-state index contributed by atoms with van der Waals surface area (Å²) in [5.41, 5.74) is 1.71. The summed E-state index contributed by atoms with van der Waals surface area (Å²) in [6, 6.07) is 10.3. The predicted molar refractivity (Wildman–Crippen MR) is 93.0 cm³/mol. The van der Waals surface area contributed by atoms with E-state index < -0.39 is 12.0 Å². The molecular weight excluding hydrogens is 302 g/mol. The van der Waals surface area contributed by atoms with Gasteiger partial charge < -0.3 is 10.4 Å². The van der Waals surface area contributed by atoms with Crippen molar-refractivity contribution in [2.45, 2.75) is 31.3 Å². The molecule has 4 rings (SSSR count). The standard InChI is InChI=1S/C19H27N3O2/c23-18(24)17(10-15-4-2-1-3-5-15)22-8-6-21(7-9-22)16-11-19(12-16)13-20-14-19/h1-5,16-17,20H,6-14H2,(H,23,24). The van der Waals surface area contributed by atoms with Gasteiger partial charge in [-0.1, -0.05) is 30.3 Å². The lowest BCUT2D eigenvalue weighted by Gasteiger charge is -2.58. The summed E-state index contributed by atoms with van der Waals surface area (Å²) in [5.74, 6) is -0.699. The zero-order valence-corrected chi connectivity index (χ0v) is 14.2. The Hall–Kier alpha value is -1.43. The molecule has 0 amide bonds. The Balaban J connectivity index is 1.31. The van der Waals surface area contributed by atoms with Crippen LogP contribution in [0, 0.1) is 5.41 Å². The molecule has 2 aliphatic heterocycles. The van der Waals surface area contributed by atoms with Crippen molar-refractivity contribution in [1.29, 1.82) is 0 Å². The van der Waals surface area contributed by atoms with Gasteiger partial charge in [0.2, 0.25) is 0 Å². The van der Waals surface area contributed by atoms with Crippen molar-refractivity contribution < 1.29 is 9.90 Å². The monoisotopic (exact) mass is 329 g/mol. The average molecular weight is 329 g/mol. The molecule has 5 nitrogen and oxygen atoms in total. The van der Waals surface area contributed by atoms with E-state index in [2.05, 4.69) is 15.1 Å². The van der Waals surface area contributed by atoms with E-state index >= 15 is 0 Å². The maximum Gasteiger partial charge on any atom is 0.321 e. The Labute approximate surface area is 143 Å². The third-order valence-corrected chi connectivity index (χ3v) is 6.20. The number of carbonyl (C=O) groups is 1. The van der Waals surface area contributed by atoms with Gasteiger partial charge in [0, 0.05) is 45.3 Å². The summed E-state index contributed by atoms with van der Waals surface area (Å²) in [4.78, 5) is 16.5. The summed E-state index contributed by atoms with van der Waals surface area (Å²) in [5, 5.41) is 13.1. The first kappa shape index (κ1) is 16.1. The number of hydrogen-bond acceptors (Lipinski definition) is 4. The van der Waals surface area contributed by atoms with Crippen molar-refractivity contribution in [1.82, 2.24) is 15.1 Å². The summed E-state index contributed by atoms with van der Waals surface area (Å²) in [7, 11) is 0. The summed E-state index contributed by atoms with van der Waals surface area (Å²) >= 11 is 0. The smallest absolute Gasteiger partial charge is 0.321 e. The molecule has 24 heavy (non-hydrogen) atoms. The molecule has 5 heteroatoms. The van der Waals surface area contributed by atoms with Crippen molar-refractivity contribution in [3.8, 4) is 0 Å². The van der Waals surface area contributed by atoms with Crippen molar-refractivity contribution in [3.05, 3.63) is 35.9 Å². The summed E-state index contributed by atoms with van der Waals surface area (Å²) in [6.07, 6.45) is 3.24. The Morgan fingerprint density at radius 3 is 2.38 bits per heavy atom. The molecule has 0 radical (unpaired) electrons. The van der Waals surface area contributed by atoms with Crippen molar-refractivity contribution in [2.24, 2.45) is 5.41 Å². The van der Waals surface area contributed by atoms with Crippen LogP contribution < -0.4 is 5.32 Å². The second-order valence-electron chi connectivity index (χ2n) is 7.78. The molecule has 1 unspecified atom stereocenters. The molecule has 0 aromatic heterocycles. The van der Waals surface area contributed by atoms with Crippen LogP contribution in [0.2, 0.25) is 0 Å². The molecule has 1 aromatic rings. The van der Waals surface area contributed by atoms with E-state index in [1.165, 1.54) is 25.9 Å². The Bertz CT molecular complexity index is 572. The maximum absolute atomic E-state index is 11.8. The average Bonchev–Trinajstić information content (AvgIpc) is 2.51. The second-order valence-corrected chi connectivity index (χ2v) is 7.78. The minimum atomic E-state index is -0.699. The minimum Gasteiger partial charge on any atom is -0.480 e. The molecule has 1 spiro atoms. The predicted octanol–water partition coefficient (Wildman–Crippen LogP) is 1.05. The number of rotatable bonds is 5. The molecule has 2 N–H and O–H groups in total. The lowest BCUT2D eigenvalue weighted by molar-refractivity contribution is -0.144. The topological polar surface area (TPSA) is 55.8 Å². The number of piperazine rings is 1. The van der Waals surface area contributed by atoms with Gasteiger partial charge in [-0.2, -0.15) is 0 Å². The molecule has 130 valence electrons. The number of aliphatic carboxylic acids is 1. The zero-order chi connectivity index (χ0) is 16.6. The first-order valence-corrected chi connectivity index (χ1v) is 9.11. The van der Waals surface area contributed by atoms with E-state index in [9.17, 15) is 9.90 Å². The number of nitrogens with zero attached hydrogens (tertiary/aromatic N) is 2. The van der Waals surface area contributed by atoms with Gasteiger partial charge in [0.25, 0.3) is 0 Å². The SMILES string of the molecule is O=C(O)C(Cc1ccccc1)N1CCN(C2CC3(CNC3)C2)CC1.